The summed E-state index contributed by atoms with van der Waals surface area (Å²) in [6.07, 6.45) is 0.764. The fraction of sp³-hybridized carbons (Fsp3) is 0.385. The Kier molecular flexibility index (Phi) is 4.33. The van der Waals surface area contributed by atoms with Crippen LogP contribution in [0.5, 0.6) is 0 Å². The van der Waals surface area contributed by atoms with Crippen molar-refractivity contribution in [2.24, 2.45) is 0 Å². The van der Waals surface area contributed by atoms with Gasteiger partial charge in [-0.2, -0.15) is 0 Å². The number of ether oxygens (including phenoxy) is 1. The maximum absolute atomic E-state index is 12.3. The predicted octanol–water partition coefficient (Wildman–Crippen LogP) is 2.17. The SMILES string of the molecule is COCCCn1c(CCl)nc2ccccc2c1=O. The summed E-state index contributed by atoms with van der Waals surface area (Å²) in [6.45, 7) is 1.19. The van der Waals surface area contributed by atoms with E-state index in [2.05, 4.69) is 4.98 Å². The Morgan fingerprint density at radius 2 is 2.17 bits per heavy atom. The number of hydrogen-bond acceptors (Lipinski definition) is 3. The first kappa shape index (κ1) is 13.1. The number of nitrogens with zero attached hydrogens (tertiary/aromatic N) is 2. The normalized spacial score (nSPS) is 11.0. The molecule has 1 heterocycles. The van der Waals surface area contributed by atoms with E-state index < -0.39 is 0 Å². The number of alkyl halides is 1. The number of fused-ring (bicyclic) bond motifs is 1. The van der Waals surface area contributed by atoms with E-state index in [0.717, 1.165) is 6.42 Å². The van der Waals surface area contributed by atoms with Crippen LogP contribution in [0.1, 0.15) is 12.2 Å². The lowest BCUT2D eigenvalue weighted by Gasteiger charge is -2.11. The van der Waals surface area contributed by atoms with Crippen LogP contribution in [0.2, 0.25) is 0 Å². The first-order chi connectivity index (χ1) is 8.77. The molecule has 4 nitrogen and oxygen atoms in total. The molecule has 1 aromatic heterocycles. The number of para-hydroxylation sites is 1. The van der Waals surface area contributed by atoms with Crippen molar-refractivity contribution in [3.63, 3.8) is 0 Å². The molecule has 0 aliphatic rings. The number of rotatable bonds is 5. The fourth-order valence-corrected chi connectivity index (χ4v) is 2.12. The molecule has 5 heteroatoms. The number of methoxy groups -OCH3 is 1. The molecule has 0 bridgehead atoms. The van der Waals surface area contributed by atoms with Crippen LogP contribution < -0.4 is 5.56 Å². The molecular formula is C13H15ClN2O2. The van der Waals surface area contributed by atoms with Gasteiger partial charge in [-0.15, -0.1) is 11.6 Å². The van der Waals surface area contributed by atoms with Crippen molar-refractivity contribution < 1.29 is 4.74 Å². The van der Waals surface area contributed by atoms with Gasteiger partial charge in [0.2, 0.25) is 0 Å². The molecular weight excluding hydrogens is 252 g/mol. The highest BCUT2D eigenvalue weighted by Gasteiger charge is 2.09. The first-order valence-corrected chi connectivity index (χ1v) is 6.34. The van der Waals surface area contributed by atoms with Gasteiger partial charge in [-0.1, -0.05) is 12.1 Å². The number of benzene rings is 1. The van der Waals surface area contributed by atoms with Crippen LogP contribution in [-0.2, 0) is 17.2 Å². The van der Waals surface area contributed by atoms with Crippen molar-refractivity contribution in [2.45, 2.75) is 18.8 Å². The minimum Gasteiger partial charge on any atom is -0.385 e. The standard InChI is InChI=1S/C13H15ClN2O2/c1-18-8-4-7-16-12(9-14)15-11-6-3-2-5-10(11)13(16)17/h2-3,5-6H,4,7-9H2,1H3. The van der Waals surface area contributed by atoms with Crippen molar-refractivity contribution in [1.82, 2.24) is 9.55 Å². The molecule has 0 radical (unpaired) electrons. The quantitative estimate of drug-likeness (QED) is 0.615. The topological polar surface area (TPSA) is 44.1 Å². The van der Waals surface area contributed by atoms with Crippen LogP contribution in [0.4, 0.5) is 0 Å². The van der Waals surface area contributed by atoms with E-state index in [9.17, 15) is 4.79 Å². The molecule has 0 spiro atoms. The monoisotopic (exact) mass is 266 g/mol. The fourth-order valence-electron chi connectivity index (χ4n) is 1.91. The van der Waals surface area contributed by atoms with Crippen LogP contribution in [0.3, 0.4) is 0 Å². The molecule has 0 atom stereocenters. The van der Waals surface area contributed by atoms with Gasteiger partial charge < -0.3 is 4.74 Å². The molecule has 0 aliphatic carbocycles. The van der Waals surface area contributed by atoms with E-state index in [4.69, 9.17) is 16.3 Å². The molecule has 0 amide bonds. The van der Waals surface area contributed by atoms with Crippen LogP contribution in [-0.4, -0.2) is 23.3 Å². The lowest BCUT2D eigenvalue weighted by Crippen LogP contribution is -2.25. The molecule has 0 fully saturated rings. The van der Waals surface area contributed by atoms with Crippen LogP contribution >= 0.6 is 11.6 Å². The highest BCUT2D eigenvalue weighted by atomic mass is 35.5. The van der Waals surface area contributed by atoms with Gasteiger partial charge >= 0.3 is 0 Å². The van der Waals surface area contributed by atoms with E-state index in [1.807, 2.05) is 18.2 Å². The maximum Gasteiger partial charge on any atom is 0.261 e. The number of aromatic nitrogens is 2. The van der Waals surface area contributed by atoms with Crippen molar-refractivity contribution in [3.8, 4) is 0 Å². The first-order valence-electron chi connectivity index (χ1n) is 5.81. The minimum absolute atomic E-state index is 0.0349. The minimum atomic E-state index is -0.0349. The Bertz CT molecular complexity index is 595. The third-order valence-electron chi connectivity index (χ3n) is 2.79. The van der Waals surface area contributed by atoms with Gasteiger partial charge in [0.05, 0.1) is 16.8 Å². The Balaban J connectivity index is 2.49. The average molecular weight is 267 g/mol. The molecule has 0 unspecified atom stereocenters. The van der Waals surface area contributed by atoms with Gasteiger partial charge in [0.1, 0.15) is 5.82 Å². The zero-order chi connectivity index (χ0) is 13.0. The summed E-state index contributed by atoms with van der Waals surface area (Å²) in [7, 11) is 1.64. The number of hydrogen-bond donors (Lipinski definition) is 0. The van der Waals surface area contributed by atoms with Gasteiger partial charge in [-0.05, 0) is 18.6 Å². The predicted molar refractivity (Wildman–Crippen MR) is 72.1 cm³/mol. The Morgan fingerprint density at radius 3 is 2.89 bits per heavy atom. The average Bonchev–Trinajstić information content (AvgIpc) is 2.41. The molecule has 2 aromatic rings. The van der Waals surface area contributed by atoms with Gasteiger partial charge in [0, 0.05) is 20.3 Å². The zero-order valence-corrected chi connectivity index (χ0v) is 11.0. The molecule has 0 N–H and O–H groups in total. The van der Waals surface area contributed by atoms with Crippen molar-refractivity contribution in [3.05, 3.63) is 40.4 Å². The van der Waals surface area contributed by atoms with Gasteiger partial charge in [0.25, 0.3) is 5.56 Å². The van der Waals surface area contributed by atoms with Gasteiger partial charge in [-0.25, -0.2) is 4.98 Å². The lowest BCUT2D eigenvalue weighted by atomic mass is 10.2. The van der Waals surface area contributed by atoms with Crippen molar-refractivity contribution in [2.75, 3.05) is 13.7 Å². The molecule has 1 aromatic carbocycles. The second-order valence-corrected chi connectivity index (χ2v) is 4.25. The summed E-state index contributed by atoms with van der Waals surface area (Å²) in [5.74, 6) is 0.837. The molecule has 18 heavy (non-hydrogen) atoms. The van der Waals surface area contributed by atoms with E-state index in [1.54, 1.807) is 17.7 Å². The summed E-state index contributed by atoms with van der Waals surface area (Å²) in [5.41, 5.74) is 0.661. The lowest BCUT2D eigenvalue weighted by molar-refractivity contribution is 0.189. The summed E-state index contributed by atoms with van der Waals surface area (Å²) in [5, 5.41) is 0.629. The van der Waals surface area contributed by atoms with E-state index in [-0.39, 0.29) is 11.4 Å². The summed E-state index contributed by atoms with van der Waals surface area (Å²) in [4.78, 5) is 16.7. The Hall–Kier alpha value is -1.39. The summed E-state index contributed by atoms with van der Waals surface area (Å²) in [6, 6.07) is 7.31. The van der Waals surface area contributed by atoms with Crippen molar-refractivity contribution >= 4 is 22.5 Å². The molecule has 0 saturated carbocycles. The second kappa shape index (κ2) is 5.98. The van der Waals surface area contributed by atoms with Crippen molar-refractivity contribution in [1.29, 1.82) is 0 Å². The van der Waals surface area contributed by atoms with E-state index in [1.165, 1.54) is 0 Å². The largest absolute Gasteiger partial charge is 0.385 e. The maximum atomic E-state index is 12.3. The number of halogens is 1. The third kappa shape index (κ3) is 2.54. The van der Waals surface area contributed by atoms with Crippen LogP contribution in [0, 0.1) is 0 Å². The van der Waals surface area contributed by atoms with Crippen LogP contribution in [0.25, 0.3) is 10.9 Å². The summed E-state index contributed by atoms with van der Waals surface area (Å²) >= 11 is 5.86. The van der Waals surface area contributed by atoms with Gasteiger partial charge in [-0.3, -0.25) is 9.36 Å². The highest BCUT2D eigenvalue weighted by Crippen LogP contribution is 2.09. The second-order valence-electron chi connectivity index (χ2n) is 3.98. The smallest absolute Gasteiger partial charge is 0.261 e. The summed E-state index contributed by atoms with van der Waals surface area (Å²) < 4.78 is 6.63. The molecule has 96 valence electrons. The third-order valence-corrected chi connectivity index (χ3v) is 3.03. The zero-order valence-electron chi connectivity index (χ0n) is 10.2. The highest BCUT2D eigenvalue weighted by molar-refractivity contribution is 6.16. The Morgan fingerprint density at radius 1 is 1.39 bits per heavy atom. The van der Waals surface area contributed by atoms with Crippen LogP contribution in [0.15, 0.2) is 29.1 Å². The Labute approximate surface area is 110 Å². The van der Waals surface area contributed by atoms with E-state index >= 15 is 0 Å². The van der Waals surface area contributed by atoms with Gasteiger partial charge in [0.15, 0.2) is 0 Å². The molecule has 0 saturated heterocycles. The molecule has 2 rings (SSSR count). The molecule has 0 aliphatic heterocycles. The van der Waals surface area contributed by atoms with E-state index in [0.29, 0.717) is 29.9 Å².